The summed E-state index contributed by atoms with van der Waals surface area (Å²) in [6.45, 7) is 7.45. The van der Waals surface area contributed by atoms with Gasteiger partial charge in [0, 0.05) is 18.5 Å². The quantitative estimate of drug-likeness (QED) is 0.799. The molecule has 0 aliphatic heterocycles. The Morgan fingerprint density at radius 2 is 2.00 bits per heavy atom. The zero-order chi connectivity index (χ0) is 13.9. The fourth-order valence-electron chi connectivity index (χ4n) is 2.84. The molecule has 1 heterocycles. The summed E-state index contributed by atoms with van der Waals surface area (Å²) < 4.78 is 0. The normalized spacial score (nSPS) is 17.9. The molecule has 0 radical (unpaired) electrons. The van der Waals surface area contributed by atoms with Crippen LogP contribution < -0.4 is 5.32 Å². The van der Waals surface area contributed by atoms with Crippen LogP contribution in [0.4, 0.5) is 5.82 Å². The first kappa shape index (κ1) is 14.6. The van der Waals surface area contributed by atoms with Crippen LogP contribution >= 0.6 is 11.6 Å². The summed E-state index contributed by atoms with van der Waals surface area (Å²) >= 11 is 6.07. The van der Waals surface area contributed by atoms with Crippen molar-refractivity contribution in [1.29, 1.82) is 0 Å². The smallest absolute Gasteiger partial charge is 0.135 e. The van der Waals surface area contributed by atoms with E-state index in [4.69, 9.17) is 11.6 Å². The van der Waals surface area contributed by atoms with Gasteiger partial charge in [-0.3, -0.25) is 0 Å². The van der Waals surface area contributed by atoms with Gasteiger partial charge in [-0.15, -0.1) is 0 Å². The Bertz CT molecular complexity index is 425. The minimum absolute atomic E-state index is 0.297. The summed E-state index contributed by atoms with van der Waals surface area (Å²) in [6.07, 6.45) is 6.60. The molecule has 0 unspecified atom stereocenters. The summed E-state index contributed by atoms with van der Waals surface area (Å²) in [5, 5.41) is 4.00. The molecule has 3 nitrogen and oxygen atoms in total. The van der Waals surface area contributed by atoms with Gasteiger partial charge in [0.05, 0.1) is 0 Å². The number of anilines is 1. The van der Waals surface area contributed by atoms with Crippen LogP contribution in [0.15, 0.2) is 6.07 Å². The van der Waals surface area contributed by atoms with Crippen LogP contribution in [0.1, 0.15) is 64.6 Å². The van der Waals surface area contributed by atoms with E-state index < -0.39 is 0 Å². The monoisotopic (exact) mass is 281 g/mol. The van der Waals surface area contributed by atoms with Crippen molar-refractivity contribution in [3.05, 3.63) is 17.0 Å². The van der Waals surface area contributed by atoms with Gasteiger partial charge >= 0.3 is 0 Å². The Labute approximate surface area is 121 Å². The molecule has 1 aliphatic carbocycles. The van der Waals surface area contributed by atoms with Crippen LogP contribution in [0.3, 0.4) is 0 Å². The molecule has 106 valence electrons. The highest BCUT2D eigenvalue weighted by Gasteiger charge is 2.31. The molecule has 19 heavy (non-hydrogen) atoms. The minimum Gasteiger partial charge on any atom is -0.369 e. The number of rotatable bonds is 5. The lowest BCUT2D eigenvalue weighted by Gasteiger charge is -2.28. The lowest BCUT2D eigenvalue weighted by molar-refractivity contribution is 0.306. The number of aromatic nitrogens is 2. The third kappa shape index (κ3) is 3.59. The minimum atomic E-state index is 0.297. The van der Waals surface area contributed by atoms with E-state index in [1.807, 2.05) is 6.07 Å². The van der Waals surface area contributed by atoms with E-state index in [0.717, 1.165) is 18.2 Å². The average Bonchev–Trinajstić information content (AvgIpc) is 2.85. The van der Waals surface area contributed by atoms with Crippen LogP contribution in [0, 0.1) is 5.41 Å². The molecule has 4 heteroatoms. The SMILES string of the molecule is CCC1(CNc2cc(Cl)nc(C(C)C)n2)CCCC1. The van der Waals surface area contributed by atoms with Crippen LogP contribution in [0.25, 0.3) is 0 Å². The van der Waals surface area contributed by atoms with Gasteiger partial charge in [-0.1, -0.05) is 45.2 Å². The first-order valence-electron chi connectivity index (χ1n) is 7.33. The largest absolute Gasteiger partial charge is 0.369 e. The van der Waals surface area contributed by atoms with Crippen molar-refractivity contribution in [2.24, 2.45) is 5.41 Å². The maximum absolute atomic E-state index is 6.07. The summed E-state index contributed by atoms with van der Waals surface area (Å²) in [7, 11) is 0. The molecule has 0 bridgehead atoms. The third-order valence-corrected chi connectivity index (χ3v) is 4.48. The van der Waals surface area contributed by atoms with Gasteiger partial charge in [0.15, 0.2) is 0 Å². The molecule has 1 N–H and O–H groups in total. The lowest BCUT2D eigenvalue weighted by atomic mass is 9.83. The highest BCUT2D eigenvalue weighted by atomic mass is 35.5. The second-order valence-electron chi connectivity index (χ2n) is 6.00. The van der Waals surface area contributed by atoms with E-state index in [9.17, 15) is 0 Å². The standard InChI is InChI=1S/C15H24ClN3/c1-4-15(7-5-6-8-15)10-17-13-9-12(16)18-14(19-13)11(2)3/h9,11H,4-8,10H2,1-3H3,(H,17,18,19). The second-order valence-corrected chi connectivity index (χ2v) is 6.39. The Hall–Kier alpha value is -0.830. The molecule has 0 spiro atoms. The number of nitrogens with zero attached hydrogens (tertiary/aromatic N) is 2. The number of hydrogen-bond donors (Lipinski definition) is 1. The third-order valence-electron chi connectivity index (χ3n) is 4.29. The van der Waals surface area contributed by atoms with Crippen LogP contribution in [0.5, 0.6) is 0 Å². The van der Waals surface area contributed by atoms with Crippen molar-refractivity contribution in [3.63, 3.8) is 0 Å². The van der Waals surface area contributed by atoms with Gasteiger partial charge in [0.1, 0.15) is 16.8 Å². The van der Waals surface area contributed by atoms with E-state index in [-0.39, 0.29) is 0 Å². The molecule has 1 fully saturated rings. The summed E-state index contributed by atoms with van der Waals surface area (Å²) in [5.74, 6) is 1.97. The van der Waals surface area contributed by atoms with Gasteiger partial charge in [-0.2, -0.15) is 0 Å². The zero-order valence-corrected chi connectivity index (χ0v) is 12.9. The Morgan fingerprint density at radius 1 is 1.32 bits per heavy atom. The van der Waals surface area contributed by atoms with Crippen molar-refractivity contribution < 1.29 is 0 Å². The van der Waals surface area contributed by atoms with Crippen LogP contribution in [-0.4, -0.2) is 16.5 Å². The van der Waals surface area contributed by atoms with E-state index in [0.29, 0.717) is 16.5 Å². The highest BCUT2D eigenvalue weighted by Crippen LogP contribution is 2.40. The molecule has 0 saturated heterocycles. The molecular weight excluding hydrogens is 258 g/mol. The number of nitrogens with one attached hydrogen (secondary N) is 1. The zero-order valence-electron chi connectivity index (χ0n) is 12.2. The van der Waals surface area contributed by atoms with Gasteiger partial charge in [-0.25, -0.2) is 9.97 Å². The molecule has 1 aromatic rings. The fourth-order valence-corrected chi connectivity index (χ4v) is 3.03. The second kappa shape index (κ2) is 6.08. The summed E-state index contributed by atoms with van der Waals surface area (Å²) in [5.41, 5.74) is 0.454. The molecule has 2 rings (SSSR count). The van der Waals surface area contributed by atoms with Crippen molar-refractivity contribution in [1.82, 2.24) is 9.97 Å². The van der Waals surface area contributed by atoms with Crippen LogP contribution in [-0.2, 0) is 0 Å². The average molecular weight is 282 g/mol. The summed E-state index contributed by atoms with van der Waals surface area (Å²) in [4.78, 5) is 8.82. The molecule has 0 aromatic carbocycles. The molecule has 1 aliphatic rings. The van der Waals surface area contributed by atoms with Crippen LogP contribution in [0.2, 0.25) is 5.15 Å². The molecule has 0 atom stereocenters. The van der Waals surface area contributed by atoms with Gasteiger partial charge in [0.25, 0.3) is 0 Å². The van der Waals surface area contributed by atoms with Gasteiger partial charge in [-0.05, 0) is 24.7 Å². The van der Waals surface area contributed by atoms with Gasteiger partial charge < -0.3 is 5.32 Å². The summed E-state index contributed by atoms with van der Waals surface area (Å²) in [6, 6.07) is 1.83. The Morgan fingerprint density at radius 3 is 2.58 bits per heavy atom. The van der Waals surface area contributed by atoms with E-state index in [1.54, 1.807) is 0 Å². The molecular formula is C15H24ClN3. The first-order chi connectivity index (χ1) is 9.04. The Kier molecular flexibility index (Phi) is 4.67. The number of halogens is 1. The Balaban J connectivity index is 2.06. The lowest BCUT2D eigenvalue weighted by Crippen LogP contribution is -2.26. The molecule has 1 saturated carbocycles. The predicted octanol–water partition coefficient (Wildman–Crippen LogP) is 4.64. The number of hydrogen-bond acceptors (Lipinski definition) is 3. The maximum atomic E-state index is 6.07. The maximum Gasteiger partial charge on any atom is 0.135 e. The van der Waals surface area contributed by atoms with E-state index in [1.165, 1.54) is 32.1 Å². The highest BCUT2D eigenvalue weighted by molar-refractivity contribution is 6.29. The topological polar surface area (TPSA) is 37.8 Å². The van der Waals surface area contributed by atoms with Gasteiger partial charge in [0.2, 0.25) is 0 Å². The van der Waals surface area contributed by atoms with Crippen molar-refractivity contribution in [2.75, 3.05) is 11.9 Å². The fraction of sp³-hybridized carbons (Fsp3) is 0.733. The van der Waals surface area contributed by atoms with Crippen molar-refractivity contribution >= 4 is 17.4 Å². The van der Waals surface area contributed by atoms with E-state index >= 15 is 0 Å². The van der Waals surface area contributed by atoms with Crippen molar-refractivity contribution in [2.45, 2.75) is 58.8 Å². The first-order valence-corrected chi connectivity index (χ1v) is 7.71. The van der Waals surface area contributed by atoms with E-state index in [2.05, 4.69) is 36.1 Å². The molecule has 1 aromatic heterocycles. The predicted molar refractivity (Wildman–Crippen MR) is 80.8 cm³/mol. The molecule has 0 amide bonds. The van der Waals surface area contributed by atoms with Crippen molar-refractivity contribution in [3.8, 4) is 0 Å².